The van der Waals surface area contributed by atoms with Crippen molar-refractivity contribution < 1.29 is 9.63 Å². The van der Waals surface area contributed by atoms with Gasteiger partial charge in [-0.1, -0.05) is 31.5 Å². The van der Waals surface area contributed by atoms with Crippen molar-refractivity contribution in [3.05, 3.63) is 29.8 Å². The van der Waals surface area contributed by atoms with Crippen LogP contribution in [0.15, 0.2) is 24.3 Å². The zero-order chi connectivity index (χ0) is 12.9. The molecular formula is C15H19NO2. The maximum atomic E-state index is 11.8. The van der Waals surface area contributed by atoms with Crippen molar-refractivity contribution in [2.75, 3.05) is 5.06 Å². The summed E-state index contributed by atoms with van der Waals surface area (Å²) in [5.41, 5.74) is 2.41. The van der Waals surface area contributed by atoms with Crippen molar-refractivity contribution >= 4 is 11.5 Å². The molecule has 0 spiro atoms. The van der Waals surface area contributed by atoms with Crippen LogP contribution < -0.4 is 5.06 Å². The molecule has 1 aliphatic carbocycles. The zero-order valence-electron chi connectivity index (χ0n) is 11.1. The van der Waals surface area contributed by atoms with Gasteiger partial charge in [0.1, 0.15) is 6.10 Å². The van der Waals surface area contributed by atoms with Crippen molar-refractivity contribution in [3.8, 4) is 0 Å². The molecule has 2 unspecified atom stereocenters. The zero-order valence-corrected chi connectivity index (χ0v) is 11.1. The molecule has 4 rings (SSSR count). The fraction of sp³-hybridized carbons (Fsp3) is 0.533. The Morgan fingerprint density at radius 1 is 1.28 bits per heavy atom. The van der Waals surface area contributed by atoms with Crippen molar-refractivity contribution in [1.29, 1.82) is 0 Å². The molecule has 0 radical (unpaired) electrons. The SMILES string of the molecule is Cc1ccc(N2OC3CC(C)(C)C2CC3=O)cc1. The number of ketones is 1. The van der Waals surface area contributed by atoms with Crippen molar-refractivity contribution in [1.82, 2.24) is 0 Å². The van der Waals surface area contributed by atoms with E-state index in [1.807, 2.05) is 5.06 Å². The summed E-state index contributed by atoms with van der Waals surface area (Å²) in [7, 11) is 0. The largest absolute Gasteiger partial charge is 0.297 e. The number of hydrogen-bond donors (Lipinski definition) is 0. The summed E-state index contributed by atoms with van der Waals surface area (Å²) < 4.78 is 0. The number of carbonyl (C=O) groups is 1. The standard InChI is InChI=1S/C15H19NO2/c1-10-4-6-11(7-5-10)16-14-8-12(17)13(18-16)9-15(14,2)3/h4-7,13-14H,8-9H2,1-3H3. The Kier molecular flexibility index (Phi) is 2.49. The third-order valence-corrected chi connectivity index (χ3v) is 4.18. The van der Waals surface area contributed by atoms with Crippen LogP contribution in [0.5, 0.6) is 0 Å². The maximum Gasteiger partial charge on any atom is 0.166 e. The minimum atomic E-state index is -0.258. The summed E-state index contributed by atoms with van der Waals surface area (Å²) >= 11 is 0. The highest BCUT2D eigenvalue weighted by Crippen LogP contribution is 2.45. The van der Waals surface area contributed by atoms with Gasteiger partial charge in [0.2, 0.25) is 0 Å². The summed E-state index contributed by atoms with van der Waals surface area (Å²) in [4.78, 5) is 17.7. The van der Waals surface area contributed by atoms with Gasteiger partial charge in [-0.25, -0.2) is 5.06 Å². The molecule has 0 N–H and O–H groups in total. The van der Waals surface area contributed by atoms with Gasteiger partial charge in [-0.05, 0) is 30.9 Å². The average Bonchev–Trinajstić information content (AvgIpc) is 2.31. The number of benzene rings is 1. The van der Waals surface area contributed by atoms with Crippen molar-refractivity contribution in [2.45, 2.75) is 45.8 Å². The van der Waals surface area contributed by atoms with Gasteiger partial charge in [0.15, 0.2) is 5.78 Å². The lowest BCUT2D eigenvalue weighted by Gasteiger charge is -2.53. The number of aryl methyl sites for hydroxylation is 1. The van der Waals surface area contributed by atoms with Gasteiger partial charge in [-0.3, -0.25) is 9.63 Å². The highest BCUT2D eigenvalue weighted by Gasteiger charge is 2.51. The molecule has 2 heterocycles. The minimum absolute atomic E-state index is 0.127. The van der Waals surface area contributed by atoms with Gasteiger partial charge in [-0.2, -0.15) is 0 Å². The molecule has 2 atom stereocenters. The quantitative estimate of drug-likeness (QED) is 0.762. The Bertz CT molecular complexity index is 478. The van der Waals surface area contributed by atoms with Crippen LogP contribution in [0.3, 0.4) is 0 Å². The van der Waals surface area contributed by atoms with E-state index in [1.165, 1.54) is 5.56 Å². The van der Waals surface area contributed by atoms with E-state index in [9.17, 15) is 4.79 Å². The molecule has 3 aliphatic rings. The van der Waals surface area contributed by atoms with E-state index in [0.717, 1.165) is 12.1 Å². The molecule has 0 amide bonds. The molecular weight excluding hydrogens is 226 g/mol. The lowest BCUT2D eigenvalue weighted by atomic mass is 9.70. The molecule has 18 heavy (non-hydrogen) atoms. The van der Waals surface area contributed by atoms with Gasteiger partial charge in [-0.15, -0.1) is 0 Å². The van der Waals surface area contributed by atoms with E-state index in [-0.39, 0.29) is 23.3 Å². The molecule has 3 fully saturated rings. The van der Waals surface area contributed by atoms with Crippen molar-refractivity contribution in [3.63, 3.8) is 0 Å². The Balaban J connectivity index is 1.94. The fourth-order valence-electron chi connectivity index (χ4n) is 2.97. The minimum Gasteiger partial charge on any atom is -0.297 e. The fourth-order valence-corrected chi connectivity index (χ4v) is 2.97. The van der Waals surface area contributed by atoms with Gasteiger partial charge in [0, 0.05) is 6.42 Å². The Hall–Kier alpha value is -1.35. The van der Waals surface area contributed by atoms with E-state index in [4.69, 9.17) is 4.84 Å². The first-order chi connectivity index (χ1) is 8.47. The van der Waals surface area contributed by atoms with Gasteiger partial charge in [0.05, 0.1) is 11.7 Å². The number of anilines is 1. The second-order valence-electron chi connectivity index (χ2n) is 6.13. The van der Waals surface area contributed by atoms with Gasteiger partial charge >= 0.3 is 0 Å². The summed E-state index contributed by atoms with van der Waals surface area (Å²) in [5.74, 6) is 0.252. The first-order valence-electron chi connectivity index (χ1n) is 6.53. The van der Waals surface area contributed by atoms with E-state index >= 15 is 0 Å². The first kappa shape index (κ1) is 11.7. The monoisotopic (exact) mass is 245 g/mol. The normalized spacial score (nSPS) is 29.7. The summed E-state index contributed by atoms with van der Waals surface area (Å²) in [6.07, 6.45) is 1.18. The van der Waals surface area contributed by atoms with Crippen LogP contribution in [-0.2, 0) is 9.63 Å². The Morgan fingerprint density at radius 2 is 1.94 bits per heavy atom. The molecule has 96 valence electrons. The van der Waals surface area contributed by atoms with E-state index in [0.29, 0.717) is 6.42 Å². The summed E-state index contributed by atoms with van der Waals surface area (Å²) in [6, 6.07) is 8.44. The van der Waals surface area contributed by atoms with Crippen LogP contribution in [0.2, 0.25) is 0 Å². The van der Waals surface area contributed by atoms with E-state index < -0.39 is 0 Å². The predicted octanol–water partition coefficient (Wildman–Crippen LogP) is 2.87. The summed E-state index contributed by atoms with van der Waals surface area (Å²) in [5, 5.41) is 1.95. The number of hydroxylamine groups is 1. The van der Waals surface area contributed by atoms with Crippen LogP contribution >= 0.6 is 0 Å². The number of hydrogen-bond acceptors (Lipinski definition) is 3. The molecule has 2 aliphatic heterocycles. The molecule has 3 heteroatoms. The van der Waals surface area contributed by atoms with Crippen LogP contribution in [0.25, 0.3) is 0 Å². The lowest BCUT2D eigenvalue weighted by molar-refractivity contribution is -0.159. The number of nitrogens with zero attached hydrogens (tertiary/aromatic N) is 1. The first-order valence-corrected chi connectivity index (χ1v) is 6.53. The van der Waals surface area contributed by atoms with Gasteiger partial charge in [0.25, 0.3) is 0 Å². The highest BCUT2D eigenvalue weighted by molar-refractivity contribution is 5.86. The maximum absolute atomic E-state index is 11.8. The molecule has 0 aromatic heterocycles. The van der Waals surface area contributed by atoms with Crippen molar-refractivity contribution in [2.24, 2.45) is 5.41 Å². The third-order valence-electron chi connectivity index (χ3n) is 4.18. The predicted molar refractivity (Wildman–Crippen MR) is 70.3 cm³/mol. The number of Topliss-reactive ketones (excluding diaryl/α,β-unsaturated/α-hetero) is 1. The third kappa shape index (κ3) is 1.74. The van der Waals surface area contributed by atoms with Crippen LogP contribution in [0, 0.1) is 12.3 Å². The number of rotatable bonds is 1. The van der Waals surface area contributed by atoms with E-state index in [2.05, 4.69) is 45.0 Å². The Morgan fingerprint density at radius 3 is 2.56 bits per heavy atom. The van der Waals surface area contributed by atoms with Gasteiger partial charge < -0.3 is 0 Å². The lowest BCUT2D eigenvalue weighted by Crippen LogP contribution is -2.61. The van der Waals surface area contributed by atoms with Crippen LogP contribution in [-0.4, -0.2) is 17.9 Å². The highest BCUT2D eigenvalue weighted by atomic mass is 16.7. The molecule has 1 saturated carbocycles. The molecule has 1 aromatic rings. The van der Waals surface area contributed by atoms with Crippen LogP contribution in [0.4, 0.5) is 5.69 Å². The Labute approximate surface area is 108 Å². The molecule has 3 nitrogen and oxygen atoms in total. The second-order valence-corrected chi connectivity index (χ2v) is 6.13. The topological polar surface area (TPSA) is 29.5 Å². The van der Waals surface area contributed by atoms with E-state index in [1.54, 1.807) is 0 Å². The molecule has 2 saturated heterocycles. The molecule has 1 aromatic carbocycles. The average molecular weight is 245 g/mol. The number of carbonyl (C=O) groups excluding carboxylic acids is 1. The van der Waals surface area contributed by atoms with Crippen LogP contribution in [0.1, 0.15) is 32.3 Å². The smallest absolute Gasteiger partial charge is 0.166 e. The molecule has 2 bridgehead atoms. The number of fused-ring (bicyclic) bond motifs is 3. The summed E-state index contributed by atoms with van der Waals surface area (Å²) in [6.45, 7) is 6.52. The second kappa shape index (κ2) is 3.82.